The third-order valence-electron chi connectivity index (χ3n) is 5.02. The van der Waals surface area contributed by atoms with Gasteiger partial charge in [0.1, 0.15) is 12.4 Å². The van der Waals surface area contributed by atoms with Crippen molar-refractivity contribution < 1.29 is 9.18 Å². The highest BCUT2D eigenvalue weighted by atomic mass is 32.1. The Morgan fingerprint density at radius 2 is 2.07 bits per heavy atom. The maximum atomic E-state index is 13.6. The molecule has 0 bridgehead atoms. The summed E-state index contributed by atoms with van der Waals surface area (Å²) < 4.78 is 15.4. The largest absolute Gasteiger partial charge is 0.330 e. The SMILES string of the molecule is CCCc1cc(-c2ccc(F)c(C)c2)nn1CC(=O)N1Cc2nc(C)sc2C1. The van der Waals surface area contributed by atoms with Crippen LogP contribution in [-0.2, 0) is 30.8 Å². The number of aromatic nitrogens is 3. The van der Waals surface area contributed by atoms with E-state index < -0.39 is 0 Å². The van der Waals surface area contributed by atoms with Crippen LogP contribution >= 0.6 is 11.3 Å². The van der Waals surface area contributed by atoms with Crippen LogP contribution in [0, 0.1) is 19.7 Å². The molecule has 1 amide bonds. The molecule has 0 aliphatic carbocycles. The van der Waals surface area contributed by atoms with E-state index in [2.05, 4.69) is 17.0 Å². The van der Waals surface area contributed by atoms with Gasteiger partial charge in [0, 0.05) is 16.1 Å². The van der Waals surface area contributed by atoms with Crippen molar-refractivity contribution in [3.63, 3.8) is 0 Å². The van der Waals surface area contributed by atoms with Gasteiger partial charge in [-0.2, -0.15) is 5.10 Å². The van der Waals surface area contributed by atoms with Gasteiger partial charge >= 0.3 is 0 Å². The van der Waals surface area contributed by atoms with E-state index >= 15 is 0 Å². The minimum Gasteiger partial charge on any atom is -0.330 e. The number of carbonyl (C=O) groups excluding carboxylic acids is 1. The summed E-state index contributed by atoms with van der Waals surface area (Å²) >= 11 is 1.66. The van der Waals surface area contributed by atoms with Gasteiger partial charge in [-0.25, -0.2) is 9.37 Å². The Bertz CT molecular complexity index is 1020. The fourth-order valence-electron chi connectivity index (χ4n) is 3.57. The van der Waals surface area contributed by atoms with Gasteiger partial charge in [0.2, 0.25) is 5.91 Å². The lowest BCUT2D eigenvalue weighted by Gasteiger charge is -2.16. The first-order chi connectivity index (χ1) is 13.4. The highest BCUT2D eigenvalue weighted by molar-refractivity contribution is 7.11. The third kappa shape index (κ3) is 3.58. The highest BCUT2D eigenvalue weighted by Gasteiger charge is 2.27. The van der Waals surface area contributed by atoms with Crippen molar-refractivity contribution in [2.24, 2.45) is 0 Å². The van der Waals surface area contributed by atoms with Crippen molar-refractivity contribution in [3.8, 4) is 11.3 Å². The molecular weight excluding hydrogens is 375 g/mol. The van der Waals surface area contributed by atoms with E-state index in [-0.39, 0.29) is 18.3 Å². The maximum Gasteiger partial charge on any atom is 0.244 e. The molecule has 0 spiro atoms. The first kappa shape index (κ1) is 18.8. The van der Waals surface area contributed by atoms with Gasteiger partial charge in [0.15, 0.2) is 0 Å². The lowest BCUT2D eigenvalue weighted by molar-refractivity contribution is -0.132. The second-order valence-corrected chi connectivity index (χ2v) is 8.53. The summed E-state index contributed by atoms with van der Waals surface area (Å²) in [5, 5.41) is 5.72. The van der Waals surface area contributed by atoms with E-state index in [0.29, 0.717) is 18.7 Å². The van der Waals surface area contributed by atoms with Crippen LogP contribution < -0.4 is 0 Å². The molecule has 0 fully saturated rings. The van der Waals surface area contributed by atoms with E-state index in [0.717, 1.165) is 40.5 Å². The van der Waals surface area contributed by atoms with Crippen LogP contribution in [0.5, 0.6) is 0 Å². The molecule has 3 heterocycles. The maximum absolute atomic E-state index is 13.6. The summed E-state index contributed by atoms with van der Waals surface area (Å²) in [5.41, 5.74) is 4.28. The molecular formula is C21H23FN4OS. The first-order valence-corrected chi connectivity index (χ1v) is 10.3. The molecule has 7 heteroatoms. The van der Waals surface area contributed by atoms with E-state index in [1.165, 1.54) is 10.9 Å². The van der Waals surface area contributed by atoms with Crippen LogP contribution in [0.25, 0.3) is 11.3 Å². The Hall–Kier alpha value is -2.54. The van der Waals surface area contributed by atoms with Crippen LogP contribution in [-0.4, -0.2) is 25.6 Å². The summed E-state index contributed by atoms with van der Waals surface area (Å²) in [7, 11) is 0. The lowest BCUT2D eigenvalue weighted by Crippen LogP contribution is -2.30. The number of fused-ring (bicyclic) bond motifs is 1. The summed E-state index contributed by atoms with van der Waals surface area (Å²) in [6, 6.07) is 7.01. The Morgan fingerprint density at radius 3 is 2.79 bits per heavy atom. The minimum atomic E-state index is -0.225. The molecule has 0 unspecified atom stereocenters. The normalized spacial score (nSPS) is 13.2. The van der Waals surface area contributed by atoms with Crippen molar-refractivity contribution in [2.45, 2.75) is 53.2 Å². The zero-order chi connectivity index (χ0) is 19.8. The molecule has 2 aromatic heterocycles. The average Bonchev–Trinajstić information content (AvgIpc) is 3.31. The third-order valence-corrected chi connectivity index (χ3v) is 6.02. The molecule has 0 N–H and O–H groups in total. The van der Waals surface area contributed by atoms with E-state index in [9.17, 15) is 9.18 Å². The number of nitrogens with zero attached hydrogens (tertiary/aromatic N) is 4. The predicted octanol–water partition coefficient (Wildman–Crippen LogP) is 4.26. The lowest BCUT2D eigenvalue weighted by atomic mass is 10.1. The van der Waals surface area contributed by atoms with Crippen LogP contribution in [0.1, 0.15) is 40.2 Å². The van der Waals surface area contributed by atoms with Gasteiger partial charge in [0.05, 0.1) is 29.5 Å². The fourth-order valence-corrected chi connectivity index (χ4v) is 4.53. The van der Waals surface area contributed by atoms with Crippen molar-refractivity contribution in [2.75, 3.05) is 0 Å². The Morgan fingerprint density at radius 1 is 1.25 bits per heavy atom. The molecule has 5 nitrogen and oxygen atoms in total. The molecule has 1 aliphatic rings. The summed E-state index contributed by atoms with van der Waals surface area (Å²) in [5.74, 6) is -0.178. The molecule has 146 valence electrons. The smallest absolute Gasteiger partial charge is 0.244 e. The van der Waals surface area contributed by atoms with Crippen molar-refractivity contribution in [1.29, 1.82) is 0 Å². The number of aryl methyl sites for hydroxylation is 3. The Labute approximate surface area is 167 Å². The quantitative estimate of drug-likeness (QED) is 0.645. The zero-order valence-corrected chi connectivity index (χ0v) is 17.1. The number of amides is 1. The number of rotatable bonds is 5. The number of carbonyl (C=O) groups is 1. The van der Waals surface area contributed by atoms with E-state index in [4.69, 9.17) is 0 Å². The summed E-state index contributed by atoms with van der Waals surface area (Å²) in [6.07, 6.45) is 1.81. The Balaban J connectivity index is 1.55. The molecule has 0 saturated carbocycles. The van der Waals surface area contributed by atoms with Crippen LogP contribution in [0.2, 0.25) is 0 Å². The van der Waals surface area contributed by atoms with E-state index in [1.807, 2.05) is 17.9 Å². The zero-order valence-electron chi connectivity index (χ0n) is 16.3. The summed E-state index contributed by atoms with van der Waals surface area (Å²) in [4.78, 5) is 20.4. The van der Waals surface area contributed by atoms with Gasteiger partial charge in [-0.05, 0) is 50.1 Å². The molecule has 0 radical (unpaired) electrons. The highest BCUT2D eigenvalue weighted by Crippen LogP contribution is 2.28. The van der Waals surface area contributed by atoms with Crippen LogP contribution in [0.4, 0.5) is 4.39 Å². The molecule has 0 atom stereocenters. The topological polar surface area (TPSA) is 51.0 Å². The first-order valence-electron chi connectivity index (χ1n) is 9.50. The van der Waals surface area contributed by atoms with Crippen LogP contribution in [0.3, 0.4) is 0 Å². The number of halogens is 1. The monoisotopic (exact) mass is 398 g/mol. The molecule has 4 rings (SSSR count). The molecule has 0 saturated heterocycles. The average molecular weight is 399 g/mol. The van der Waals surface area contributed by atoms with E-state index in [1.54, 1.807) is 35.1 Å². The van der Waals surface area contributed by atoms with Crippen molar-refractivity contribution >= 4 is 17.2 Å². The Kier molecular flexibility index (Phi) is 5.02. The molecule has 28 heavy (non-hydrogen) atoms. The van der Waals surface area contributed by atoms with Gasteiger partial charge in [-0.15, -0.1) is 11.3 Å². The second-order valence-electron chi connectivity index (χ2n) is 7.25. The van der Waals surface area contributed by atoms with Gasteiger partial charge in [-0.1, -0.05) is 13.3 Å². The summed E-state index contributed by atoms with van der Waals surface area (Å²) in [6.45, 7) is 7.26. The molecule has 1 aromatic carbocycles. The minimum absolute atomic E-state index is 0.0464. The fraction of sp³-hybridized carbons (Fsp3) is 0.381. The van der Waals surface area contributed by atoms with Gasteiger partial charge in [-0.3, -0.25) is 9.48 Å². The van der Waals surface area contributed by atoms with Crippen LogP contribution in [0.15, 0.2) is 24.3 Å². The standard InChI is InChI=1S/C21H23FN4OS/c1-4-5-16-9-18(15-6-7-17(22)13(2)8-15)24-26(16)12-21(27)25-10-19-20(11-25)28-14(3)23-19/h6-9H,4-5,10-12H2,1-3H3. The van der Waals surface area contributed by atoms with Crippen molar-refractivity contribution in [3.05, 3.63) is 56.9 Å². The van der Waals surface area contributed by atoms with Gasteiger partial charge in [0.25, 0.3) is 0 Å². The number of thiazole rings is 1. The molecule has 1 aliphatic heterocycles. The van der Waals surface area contributed by atoms with Crippen molar-refractivity contribution in [1.82, 2.24) is 19.7 Å². The molecule has 3 aromatic rings. The second kappa shape index (κ2) is 7.47. The number of hydrogen-bond acceptors (Lipinski definition) is 4. The predicted molar refractivity (Wildman–Crippen MR) is 107 cm³/mol. The number of hydrogen-bond donors (Lipinski definition) is 0. The van der Waals surface area contributed by atoms with Gasteiger partial charge < -0.3 is 4.90 Å². The number of benzene rings is 1.